The van der Waals surface area contributed by atoms with Crippen LogP contribution in [0, 0.1) is 23.7 Å². The van der Waals surface area contributed by atoms with Crippen molar-refractivity contribution in [2.75, 3.05) is 0 Å². The fourth-order valence-electron chi connectivity index (χ4n) is 4.25. The lowest BCUT2D eigenvalue weighted by Gasteiger charge is -2.24. The first-order chi connectivity index (χ1) is 9.61. The summed E-state index contributed by atoms with van der Waals surface area (Å²) in [6.45, 7) is 5.24. The maximum absolute atomic E-state index is 10.4. The van der Waals surface area contributed by atoms with Gasteiger partial charge in [0.1, 0.15) is 12.2 Å². The summed E-state index contributed by atoms with van der Waals surface area (Å²) in [6, 6.07) is 0. The highest BCUT2D eigenvalue weighted by Crippen LogP contribution is 2.49. The molecule has 0 spiro atoms. The predicted octanol–water partition coefficient (Wildman–Crippen LogP) is 2.66. The molecule has 2 saturated carbocycles. The molecule has 4 atom stereocenters. The Morgan fingerprint density at radius 1 is 1.35 bits per heavy atom. The second kappa shape index (κ2) is 5.84. The van der Waals surface area contributed by atoms with Gasteiger partial charge >= 0.3 is 0 Å². The van der Waals surface area contributed by atoms with Gasteiger partial charge in [0.25, 0.3) is 0 Å². The number of rotatable bonds is 6. The number of hydrogen-bond acceptors (Lipinski definition) is 3. The van der Waals surface area contributed by atoms with Crippen LogP contribution in [0.1, 0.15) is 51.8 Å². The molecule has 0 radical (unpaired) electrons. The summed E-state index contributed by atoms with van der Waals surface area (Å²) >= 11 is 0. The molecule has 3 rings (SSSR count). The molecule has 4 nitrogen and oxygen atoms in total. The van der Waals surface area contributed by atoms with Gasteiger partial charge in [0.2, 0.25) is 0 Å². The Labute approximate surface area is 121 Å². The predicted molar refractivity (Wildman–Crippen MR) is 78.1 cm³/mol. The number of nitrogens with zero attached hydrogens (tertiary/aromatic N) is 3. The largest absolute Gasteiger partial charge is 0.393 e. The quantitative estimate of drug-likeness (QED) is 0.869. The standard InChI is InChI=1S/C16H27N3O/c1-11(2)9-19-16(17-10-18-19)8-15(20)7-14-6-12-3-4-13(14)5-12/h10-15,20H,3-9H2,1-2H3. The minimum absolute atomic E-state index is 0.255. The van der Waals surface area contributed by atoms with Gasteiger partial charge in [0, 0.05) is 13.0 Å². The third-order valence-corrected chi connectivity index (χ3v) is 5.11. The summed E-state index contributed by atoms with van der Waals surface area (Å²) < 4.78 is 1.95. The average molecular weight is 277 g/mol. The third-order valence-electron chi connectivity index (χ3n) is 5.11. The SMILES string of the molecule is CC(C)Cn1ncnc1CC(O)CC1CC2CCC1C2. The van der Waals surface area contributed by atoms with E-state index in [9.17, 15) is 5.11 Å². The van der Waals surface area contributed by atoms with Crippen molar-refractivity contribution in [3.05, 3.63) is 12.2 Å². The highest BCUT2D eigenvalue weighted by Gasteiger charge is 2.40. The maximum Gasteiger partial charge on any atom is 0.138 e. The highest BCUT2D eigenvalue weighted by atomic mass is 16.3. The Hall–Kier alpha value is -0.900. The Balaban J connectivity index is 1.53. The van der Waals surface area contributed by atoms with Gasteiger partial charge in [-0.2, -0.15) is 5.10 Å². The Bertz CT molecular complexity index is 443. The number of hydrogen-bond donors (Lipinski definition) is 1. The minimum Gasteiger partial charge on any atom is -0.393 e. The van der Waals surface area contributed by atoms with Gasteiger partial charge in [0.15, 0.2) is 0 Å². The fraction of sp³-hybridized carbons (Fsp3) is 0.875. The van der Waals surface area contributed by atoms with Crippen molar-refractivity contribution in [1.82, 2.24) is 14.8 Å². The van der Waals surface area contributed by atoms with Gasteiger partial charge in [-0.05, 0) is 49.4 Å². The molecule has 1 heterocycles. The molecule has 1 aromatic rings. The molecular weight excluding hydrogens is 250 g/mol. The van der Waals surface area contributed by atoms with Gasteiger partial charge in [-0.15, -0.1) is 0 Å². The van der Waals surface area contributed by atoms with Crippen LogP contribution < -0.4 is 0 Å². The molecule has 2 aliphatic carbocycles. The van der Waals surface area contributed by atoms with Gasteiger partial charge in [-0.3, -0.25) is 0 Å². The maximum atomic E-state index is 10.4. The van der Waals surface area contributed by atoms with E-state index in [-0.39, 0.29) is 6.10 Å². The molecular formula is C16H27N3O. The smallest absolute Gasteiger partial charge is 0.138 e. The van der Waals surface area contributed by atoms with Gasteiger partial charge in [-0.1, -0.05) is 20.3 Å². The third kappa shape index (κ3) is 3.05. The van der Waals surface area contributed by atoms with E-state index in [1.165, 1.54) is 25.7 Å². The minimum atomic E-state index is -0.255. The van der Waals surface area contributed by atoms with Crippen LogP contribution in [-0.4, -0.2) is 26.0 Å². The van der Waals surface area contributed by atoms with Crippen molar-refractivity contribution in [3.8, 4) is 0 Å². The molecule has 112 valence electrons. The van der Waals surface area contributed by atoms with Crippen LogP contribution in [0.2, 0.25) is 0 Å². The first-order valence-corrected chi connectivity index (χ1v) is 8.16. The average Bonchev–Trinajstić information content (AvgIpc) is 3.06. The summed E-state index contributed by atoms with van der Waals surface area (Å²) in [5.74, 6) is 4.10. The molecule has 4 heteroatoms. The molecule has 1 aromatic heterocycles. The monoisotopic (exact) mass is 277 g/mol. The Kier molecular flexibility index (Phi) is 4.11. The normalized spacial score (nSPS) is 30.3. The van der Waals surface area contributed by atoms with E-state index in [0.29, 0.717) is 12.3 Å². The van der Waals surface area contributed by atoms with Crippen molar-refractivity contribution in [2.45, 2.75) is 65.0 Å². The van der Waals surface area contributed by atoms with Crippen LogP contribution in [0.5, 0.6) is 0 Å². The van der Waals surface area contributed by atoms with Crippen LogP contribution in [-0.2, 0) is 13.0 Å². The number of fused-ring (bicyclic) bond motifs is 2. The summed E-state index contributed by atoms with van der Waals surface area (Å²) in [6.07, 6.45) is 8.56. The molecule has 2 fully saturated rings. The molecule has 2 bridgehead atoms. The molecule has 20 heavy (non-hydrogen) atoms. The Morgan fingerprint density at radius 3 is 2.85 bits per heavy atom. The summed E-state index contributed by atoms with van der Waals surface area (Å²) in [4.78, 5) is 4.32. The van der Waals surface area contributed by atoms with E-state index < -0.39 is 0 Å². The van der Waals surface area contributed by atoms with Crippen LogP contribution in [0.15, 0.2) is 6.33 Å². The number of aliphatic hydroxyl groups excluding tert-OH is 1. The lowest BCUT2D eigenvalue weighted by molar-refractivity contribution is 0.121. The van der Waals surface area contributed by atoms with Gasteiger partial charge < -0.3 is 5.11 Å². The molecule has 1 N–H and O–H groups in total. The zero-order chi connectivity index (χ0) is 14.1. The van der Waals surface area contributed by atoms with Crippen LogP contribution in [0.25, 0.3) is 0 Å². The zero-order valence-electron chi connectivity index (χ0n) is 12.7. The first kappa shape index (κ1) is 14.1. The molecule has 0 amide bonds. The number of aliphatic hydroxyl groups is 1. The summed E-state index contributed by atoms with van der Waals surface area (Å²) in [5, 5.41) is 14.7. The second-order valence-corrected chi connectivity index (χ2v) is 7.28. The van der Waals surface area contributed by atoms with Crippen molar-refractivity contribution in [3.63, 3.8) is 0 Å². The van der Waals surface area contributed by atoms with E-state index in [1.807, 2.05) is 4.68 Å². The van der Waals surface area contributed by atoms with Crippen LogP contribution in [0.4, 0.5) is 0 Å². The number of aromatic nitrogens is 3. The molecule has 2 aliphatic rings. The van der Waals surface area contributed by atoms with E-state index in [2.05, 4.69) is 23.9 Å². The van der Waals surface area contributed by atoms with Gasteiger partial charge in [-0.25, -0.2) is 9.67 Å². The molecule has 4 unspecified atom stereocenters. The second-order valence-electron chi connectivity index (χ2n) is 7.28. The van der Waals surface area contributed by atoms with Gasteiger partial charge in [0.05, 0.1) is 6.10 Å². The van der Waals surface area contributed by atoms with Crippen molar-refractivity contribution in [1.29, 1.82) is 0 Å². The lowest BCUT2D eigenvalue weighted by atomic mass is 9.84. The first-order valence-electron chi connectivity index (χ1n) is 8.16. The molecule has 0 aromatic carbocycles. The van der Waals surface area contributed by atoms with E-state index in [0.717, 1.165) is 36.5 Å². The summed E-state index contributed by atoms with van der Waals surface area (Å²) in [5.41, 5.74) is 0. The Morgan fingerprint density at radius 2 is 2.20 bits per heavy atom. The fourth-order valence-corrected chi connectivity index (χ4v) is 4.25. The van der Waals surface area contributed by atoms with Crippen LogP contribution in [0.3, 0.4) is 0 Å². The molecule has 0 saturated heterocycles. The lowest BCUT2D eigenvalue weighted by Crippen LogP contribution is -2.22. The molecule has 0 aliphatic heterocycles. The summed E-state index contributed by atoms with van der Waals surface area (Å²) in [7, 11) is 0. The van der Waals surface area contributed by atoms with Crippen molar-refractivity contribution in [2.24, 2.45) is 23.7 Å². The van der Waals surface area contributed by atoms with Crippen LogP contribution >= 0.6 is 0 Å². The highest BCUT2D eigenvalue weighted by molar-refractivity contribution is 4.93. The van der Waals surface area contributed by atoms with E-state index in [1.54, 1.807) is 6.33 Å². The zero-order valence-corrected chi connectivity index (χ0v) is 12.7. The van der Waals surface area contributed by atoms with Crippen molar-refractivity contribution >= 4 is 0 Å². The topological polar surface area (TPSA) is 50.9 Å². The van der Waals surface area contributed by atoms with E-state index in [4.69, 9.17) is 0 Å². The van der Waals surface area contributed by atoms with E-state index >= 15 is 0 Å². The van der Waals surface area contributed by atoms with Crippen molar-refractivity contribution < 1.29 is 5.11 Å².